The van der Waals surface area contributed by atoms with E-state index in [1.165, 1.54) is 11.3 Å². The number of nitrogen functional groups attached to an aromatic ring is 1. The van der Waals surface area contributed by atoms with E-state index in [4.69, 9.17) is 5.73 Å². The Bertz CT molecular complexity index is 460. The third kappa shape index (κ3) is 5.17. The minimum Gasteiger partial charge on any atom is -0.382 e. The fourth-order valence-corrected chi connectivity index (χ4v) is 2.65. The Morgan fingerprint density at radius 3 is 2.62 bits per heavy atom. The maximum absolute atomic E-state index is 12.2. The van der Waals surface area contributed by atoms with E-state index < -0.39 is 0 Å². The highest BCUT2D eigenvalue weighted by Crippen LogP contribution is 2.27. The van der Waals surface area contributed by atoms with Crippen LogP contribution in [0.15, 0.2) is 0 Å². The van der Waals surface area contributed by atoms with Crippen LogP contribution in [0.1, 0.15) is 36.9 Å². The molecule has 0 unspecified atom stereocenters. The van der Waals surface area contributed by atoms with E-state index in [9.17, 15) is 4.79 Å². The third-order valence-electron chi connectivity index (χ3n) is 3.37. The predicted octanol–water partition coefficient (Wildman–Crippen LogP) is 1.64. The molecular weight excluding hydrogens is 286 g/mol. The van der Waals surface area contributed by atoms with Gasteiger partial charge in [-0.25, -0.2) is 4.98 Å². The summed E-state index contributed by atoms with van der Waals surface area (Å²) in [6.45, 7) is 8.66. The first-order valence-electron chi connectivity index (χ1n) is 7.32. The van der Waals surface area contributed by atoms with Gasteiger partial charge >= 0.3 is 0 Å². The van der Waals surface area contributed by atoms with Crippen molar-refractivity contribution in [2.75, 3.05) is 44.4 Å². The Kier molecular flexibility index (Phi) is 6.91. The summed E-state index contributed by atoms with van der Waals surface area (Å²) in [6, 6.07) is 0.463. The smallest absolute Gasteiger partial charge is 0.265 e. The van der Waals surface area contributed by atoms with Crippen LogP contribution in [0.5, 0.6) is 0 Å². The molecule has 0 radical (unpaired) electrons. The van der Waals surface area contributed by atoms with Gasteiger partial charge in [0.25, 0.3) is 5.91 Å². The molecule has 0 aliphatic heterocycles. The molecule has 0 saturated carbocycles. The van der Waals surface area contributed by atoms with Gasteiger partial charge in [-0.1, -0.05) is 18.3 Å². The molecular formula is C14H27N5OS. The van der Waals surface area contributed by atoms with Gasteiger partial charge in [-0.3, -0.25) is 4.79 Å². The molecule has 1 heterocycles. The summed E-state index contributed by atoms with van der Waals surface area (Å²) in [4.78, 5) is 21.1. The fourth-order valence-electron chi connectivity index (χ4n) is 1.76. The van der Waals surface area contributed by atoms with Gasteiger partial charge in [-0.15, -0.1) is 0 Å². The highest BCUT2D eigenvalue weighted by Gasteiger charge is 2.17. The van der Waals surface area contributed by atoms with E-state index in [1.54, 1.807) is 0 Å². The maximum atomic E-state index is 12.2. The van der Waals surface area contributed by atoms with E-state index in [1.807, 2.05) is 19.0 Å². The van der Waals surface area contributed by atoms with E-state index in [0.29, 0.717) is 23.3 Å². The molecule has 21 heavy (non-hydrogen) atoms. The summed E-state index contributed by atoms with van der Waals surface area (Å²) < 4.78 is 0. The minimum atomic E-state index is -0.140. The van der Waals surface area contributed by atoms with Gasteiger partial charge in [-0.2, -0.15) is 0 Å². The summed E-state index contributed by atoms with van der Waals surface area (Å²) in [5, 5.41) is 3.69. The average Bonchev–Trinajstić information content (AvgIpc) is 2.80. The molecule has 1 aromatic heterocycles. The Hall–Kier alpha value is -1.34. The monoisotopic (exact) mass is 313 g/mol. The fraction of sp³-hybridized carbons (Fsp3) is 0.714. The van der Waals surface area contributed by atoms with E-state index in [-0.39, 0.29) is 5.91 Å². The normalized spacial score (nSPS) is 11.2. The van der Waals surface area contributed by atoms with E-state index >= 15 is 0 Å². The summed E-state index contributed by atoms with van der Waals surface area (Å²) >= 11 is 1.34. The quantitative estimate of drug-likeness (QED) is 0.763. The van der Waals surface area contributed by atoms with Crippen molar-refractivity contribution in [1.82, 2.24) is 15.2 Å². The van der Waals surface area contributed by atoms with Crippen LogP contribution < -0.4 is 16.0 Å². The summed E-state index contributed by atoms with van der Waals surface area (Å²) in [6.07, 6.45) is 1.03. The van der Waals surface area contributed by atoms with Crippen molar-refractivity contribution < 1.29 is 4.79 Å². The number of hydrogen-bond donors (Lipinski definition) is 2. The largest absolute Gasteiger partial charge is 0.382 e. The van der Waals surface area contributed by atoms with Crippen LogP contribution in [0.2, 0.25) is 0 Å². The molecule has 1 amide bonds. The van der Waals surface area contributed by atoms with Crippen molar-refractivity contribution in [1.29, 1.82) is 0 Å². The Morgan fingerprint density at radius 1 is 1.38 bits per heavy atom. The Morgan fingerprint density at radius 2 is 2.05 bits per heavy atom. The van der Waals surface area contributed by atoms with E-state index in [2.05, 4.69) is 36.0 Å². The average molecular weight is 313 g/mol. The van der Waals surface area contributed by atoms with Crippen LogP contribution in [0.3, 0.4) is 0 Å². The van der Waals surface area contributed by atoms with Crippen LogP contribution in [-0.4, -0.2) is 55.6 Å². The van der Waals surface area contributed by atoms with Gasteiger partial charge in [0.1, 0.15) is 10.7 Å². The zero-order valence-electron chi connectivity index (χ0n) is 13.6. The molecule has 0 bridgehead atoms. The number of nitrogens with one attached hydrogen (secondary N) is 1. The number of carbonyl (C=O) groups is 1. The highest BCUT2D eigenvalue weighted by atomic mass is 32.1. The lowest BCUT2D eigenvalue weighted by Crippen LogP contribution is -2.36. The van der Waals surface area contributed by atoms with Crippen molar-refractivity contribution in [3.8, 4) is 0 Å². The zero-order valence-corrected chi connectivity index (χ0v) is 14.5. The van der Waals surface area contributed by atoms with Crippen LogP contribution in [-0.2, 0) is 0 Å². The zero-order chi connectivity index (χ0) is 16.0. The number of nitrogens with zero attached hydrogens (tertiary/aromatic N) is 3. The summed E-state index contributed by atoms with van der Waals surface area (Å²) in [5.74, 6) is 0.172. The van der Waals surface area contributed by atoms with Gasteiger partial charge in [0.15, 0.2) is 5.13 Å². The van der Waals surface area contributed by atoms with Crippen molar-refractivity contribution in [3.05, 3.63) is 4.88 Å². The van der Waals surface area contributed by atoms with Crippen LogP contribution in [0.4, 0.5) is 10.9 Å². The molecule has 7 heteroatoms. The molecule has 6 nitrogen and oxygen atoms in total. The predicted molar refractivity (Wildman–Crippen MR) is 90.2 cm³/mol. The van der Waals surface area contributed by atoms with Gasteiger partial charge in [0.05, 0.1) is 0 Å². The Labute approximate surface area is 131 Å². The number of rotatable bonds is 8. The van der Waals surface area contributed by atoms with Gasteiger partial charge in [-0.05, 0) is 27.3 Å². The molecule has 3 N–H and O–H groups in total. The lowest BCUT2D eigenvalue weighted by molar-refractivity contribution is 0.0953. The molecule has 0 atom stereocenters. The molecule has 1 rings (SSSR count). The van der Waals surface area contributed by atoms with Crippen LogP contribution >= 0.6 is 11.3 Å². The Balaban J connectivity index is 2.58. The van der Waals surface area contributed by atoms with Gasteiger partial charge < -0.3 is 20.9 Å². The molecule has 1 aromatic rings. The first-order valence-corrected chi connectivity index (χ1v) is 8.14. The molecule has 0 aliphatic carbocycles. The van der Waals surface area contributed by atoms with Gasteiger partial charge in [0.2, 0.25) is 0 Å². The third-order valence-corrected chi connectivity index (χ3v) is 4.55. The number of anilines is 2. The molecule has 0 aliphatic rings. The first kappa shape index (κ1) is 17.7. The maximum Gasteiger partial charge on any atom is 0.265 e. The minimum absolute atomic E-state index is 0.140. The molecule has 120 valence electrons. The summed E-state index contributed by atoms with van der Waals surface area (Å²) in [7, 11) is 4.00. The lowest BCUT2D eigenvalue weighted by Gasteiger charge is -2.20. The first-order chi connectivity index (χ1) is 9.86. The van der Waals surface area contributed by atoms with Crippen LogP contribution in [0, 0.1) is 0 Å². The number of nitrogens with two attached hydrogens (primary N) is 1. The second kappa shape index (κ2) is 8.19. The second-order valence-electron chi connectivity index (χ2n) is 5.46. The number of thiazole rings is 1. The molecule has 0 saturated heterocycles. The lowest BCUT2D eigenvalue weighted by atomic mass is 10.3. The number of likely N-dealkylation sites (N-methyl/N-ethyl adjacent to an activating group) is 1. The molecule has 0 aromatic carbocycles. The van der Waals surface area contributed by atoms with Crippen molar-refractivity contribution in [2.24, 2.45) is 0 Å². The highest BCUT2D eigenvalue weighted by molar-refractivity contribution is 7.18. The number of carbonyl (C=O) groups excluding carboxylic acids is 1. The van der Waals surface area contributed by atoms with Crippen molar-refractivity contribution in [2.45, 2.75) is 33.2 Å². The van der Waals surface area contributed by atoms with Crippen molar-refractivity contribution in [3.63, 3.8) is 0 Å². The van der Waals surface area contributed by atoms with E-state index in [0.717, 1.165) is 24.6 Å². The van der Waals surface area contributed by atoms with Crippen LogP contribution in [0.25, 0.3) is 0 Å². The van der Waals surface area contributed by atoms with Gasteiger partial charge in [0, 0.05) is 32.7 Å². The molecule has 0 spiro atoms. The topological polar surface area (TPSA) is 74.5 Å². The SMILES string of the molecule is CCCN(C)c1nc(N)c(C(=O)NCCN(C)C(C)C)s1. The van der Waals surface area contributed by atoms with Crippen molar-refractivity contribution >= 4 is 28.2 Å². The second-order valence-corrected chi connectivity index (χ2v) is 6.44. The summed E-state index contributed by atoms with van der Waals surface area (Å²) in [5.41, 5.74) is 5.86. The molecule has 0 fully saturated rings. The number of hydrogen-bond acceptors (Lipinski definition) is 6. The number of amides is 1. The standard InChI is InChI=1S/C14H27N5OS/c1-6-8-19(5)14-17-12(15)11(21-14)13(20)16-7-9-18(4)10(2)3/h10H,6-9,15H2,1-5H3,(H,16,20). The number of aromatic nitrogens is 1.